The molecule has 3 N–H and O–H groups in total. The van der Waals surface area contributed by atoms with Crippen LogP contribution in [-0.4, -0.2) is 43.1 Å². The molecule has 0 spiro atoms. The van der Waals surface area contributed by atoms with E-state index in [4.69, 9.17) is 9.47 Å². The number of nitrogens with one attached hydrogen (secondary N) is 3. The van der Waals surface area contributed by atoms with E-state index in [0.29, 0.717) is 5.56 Å². The molecular formula is C20H23N3O6. The van der Waals surface area contributed by atoms with Crippen molar-refractivity contribution < 1.29 is 28.7 Å². The van der Waals surface area contributed by atoms with Gasteiger partial charge in [-0.15, -0.1) is 0 Å². The van der Waals surface area contributed by atoms with E-state index in [9.17, 15) is 19.2 Å². The Morgan fingerprint density at radius 1 is 1.17 bits per heavy atom. The first kappa shape index (κ1) is 21.7. The minimum Gasteiger partial charge on any atom is -0.463 e. The van der Waals surface area contributed by atoms with Crippen LogP contribution in [0.3, 0.4) is 0 Å². The molecule has 0 bridgehead atoms. The van der Waals surface area contributed by atoms with Gasteiger partial charge in [-0.2, -0.15) is 0 Å². The van der Waals surface area contributed by atoms with Crippen LogP contribution in [0.4, 0.5) is 4.79 Å². The Morgan fingerprint density at radius 2 is 1.86 bits per heavy atom. The van der Waals surface area contributed by atoms with Crippen LogP contribution in [0.5, 0.6) is 0 Å². The van der Waals surface area contributed by atoms with Crippen LogP contribution in [0.1, 0.15) is 26.3 Å². The molecule has 3 amide bonds. The zero-order valence-electron chi connectivity index (χ0n) is 16.4. The average Bonchev–Trinajstić information content (AvgIpc) is 2.65. The van der Waals surface area contributed by atoms with E-state index in [2.05, 4.69) is 16.0 Å². The smallest absolute Gasteiger partial charge is 0.355 e. The zero-order valence-corrected chi connectivity index (χ0v) is 16.4. The minimum absolute atomic E-state index is 0.0738. The lowest BCUT2D eigenvalue weighted by Gasteiger charge is -2.26. The van der Waals surface area contributed by atoms with Gasteiger partial charge in [0.05, 0.1) is 23.9 Å². The fourth-order valence-corrected chi connectivity index (χ4v) is 2.66. The molecule has 0 saturated carbocycles. The first-order chi connectivity index (χ1) is 13.8. The van der Waals surface area contributed by atoms with Crippen molar-refractivity contribution >= 4 is 30.0 Å². The van der Waals surface area contributed by atoms with Crippen molar-refractivity contribution in [2.45, 2.75) is 26.8 Å². The van der Waals surface area contributed by atoms with Crippen LogP contribution < -0.4 is 16.0 Å². The first-order valence-corrected chi connectivity index (χ1v) is 9.01. The normalized spacial score (nSPS) is 16.4. The van der Waals surface area contributed by atoms with Gasteiger partial charge in [0.1, 0.15) is 12.3 Å². The average molecular weight is 401 g/mol. The number of carbonyl (C=O) groups excluding carboxylic acids is 4. The Morgan fingerprint density at radius 3 is 2.48 bits per heavy atom. The van der Waals surface area contributed by atoms with E-state index in [0.717, 1.165) is 0 Å². The van der Waals surface area contributed by atoms with E-state index in [1.807, 2.05) is 6.07 Å². The molecule has 9 heteroatoms. The highest BCUT2D eigenvalue weighted by atomic mass is 16.5. The molecule has 9 nitrogen and oxygen atoms in total. The monoisotopic (exact) mass is 401 g/mol. The third-order valence-electron chi connectivity index (χ3n) is 3.85. The Labute approximate surface area is 168 Å². The molecule has 1 atom stereocenters. The van der Waals surface area contributed by atoms with Crippen LogP contribution in [0.2, 0.25) is 0 Å². The second kappa shape index (κ2) is 10.1. The van der Waals surface area contributed by atoms with Crippen molar-refractivity contribution in [3.05, 3.63) is 52.9 Å². The van der Waals surface area contributed by atoms with Crippen molar-refractivity contribution in [1.29, 1.82) is 0 Å². The number of rotatable bonds is 7. The Bertz CT molecular complexity index is 860. The number of urea groups is 1. The summed E-state index contributed by atoms with van der Waals surface area (Å²) in [5.74, 6) is -1.89. The fourth-order valence-electron chi connectivity index (χ4n) is 2.66. The van der Waals surface area contributed by atoms with Gasteiger partial charge >= 0.3 is 18.0 Å². The molecule has 0 saturated heterocycles. The maximum absolute atomic E-state index is 12.5. The summed E-state index contributed by atoms with van der Waals surface area (Å²) in [7, 11) is 0. The molecule has 0 aliphatic carbocycles. The SMILES string of the molecule is CCOC(=O)C1=C(COC(=O)/C(=C/c2ccccc2)NC(C)=O)NC(=O)N[C@@H]1C. The van der Waals surface area contributed by atoms with Crippen LogP contribution in [-0.2, 0) is 23.9 Å². The third kappa shape index (κ3) is 6.20. The molecule has 1 aromatic rings. The highest BCUT2D eigenvalue weighted by Gasteiger charge is 2.30. The predicted octanol–water partition coefficient (Wildman–Crippen LogP) is 1.23. The quantitative estimate of drug-likeness (QED) is 0.466. The van der Waals surface area contributed by atoms with Crippen molar-refractivity contribution in [3.8, 4) is 0 Å². The Balaban J connectivity index is 2.23. The number of esters is 2. The largest absolute Gasteiger partial charge is 0.463 e. The number of hydrogen-bond donors (Lipinski definition) is 3. The summed E-state index contributed by atoms with van der Waals surface area (Å²) in [6.45, 7) is 4.32. The zero-order chi connectivity index (χ0) is 21.4. The number of benzene rings is 1. The van der Waals surface area contributed by atoms with Crippen molar-refractivity contribution in [2.75, 3.05) is 13.2 Å². The molecule has 1 heterocycles. The van der Waals surface area contributed by atoms with Gasteiger partial charge in [-0.3, -0.25) is 4.79 Å². The molecule has 1 aliphatic rings. The van der Waals surface area contributed by atoms with Gasteiger partial charge < -0.3 is 25.4 Å². The summed E-state index contributed by atoms with van der Waals surface area (Å²) in [5.41, 5.74) is 0.890. The Kier molecular flexibility index (Phi) is 7.53. The Hall–Kier alpha value is -3.62. The van der Waals surface area contributed by atoms with E-state index >= 15 is 0 Å². The second-order valence-corrected chi connectivity index (χ2v) is 6.16. The molecule has 29 heavy (non-hydrogen) atoms. The molecule has 0 aromatic heterocycles. The van der Waals surface area contributed by atoms with Gasteiger partial charge in [-0.1, -0.05) is 30.3 Å². The summed E-state index contributed by atoms with van der Waals surface area (Å²) in [4.78, 5) is 47.9. The first-order valence-electron chi connectivity index (χ1n) is 9.01. The lowest BCUT2D eigenvalue weighted by molar-refractivity contribution is -0.141. The van der Waals surface area contributed by atoms with Crippen LogP contribution >= 0.6 is 0 Å². The molecular weight excluding hydrogens is 378 g/mol. The van der Waals surface area contributed by atoms with Gasteiger partial charge in [0.2, 0.25) is 5.91 Å². The van der Waals surface area contributed by atoms with Crippen LogP contribution in [0, 0.1) is 0 Å². The summed E-state index contributed by atoms with van der Waals surface area (Å²) in [6.07, 6.45) is 1.47. The van der Waals surface area contributed by atoms with Crippen molar-refractivity contribution in [3.63, 3.8) is 0 Å². The molecule has 0 radical (unpaired) electrons. The van der Waals surface area contributed by atoms with E-state index in [1.165, 1.54) is 13.0 Å². The van der Waals surface area contributed by atoms with E-state index < -0.39 is 29.9 Å². The summed E-state index contributed by atoms with van der Waals surface area (Å²) < 4.78 is 10.2. The van der Waals surface area contributed by atoms with Gasteiger partial charge in [0, 0.05) is 6.92 Å². The predicted molar refractivity (Wildman–Crippen MR) is 104 cm³/mol. The number of hydrogen-bond acceptors (Lipinski definition) is 6. The highest BCUT2D eigenvalue weighted by molar-refractivity contribution is 5.98. The van der Waals surface area contributed by atoms with Gasteiger partial charge in [0.15, 0.2) is 0 Å². The maximum atomic E-state index is 12.5. The van der Waals surface area contributed by atoms with Gasteiger partial charge in [-0.05, 0) is 25.5 Å². The number of ether oxygens (including phenoxy) is 2. The fraction of sp³-hybridized carbons (Fsp3) is 0.300. The standard InChI is InChI=1S/C20H23N3O6/c1-4-28-19(26)17-12(2)21-20(27)23-16(17)11-29-18(25)15(22-13(3)24)10-14-8-6-5-7-9-14/h5-10,12H,4,11H2,1-3H3,(H,22,24)(H2,21,23,27)/b15-10-/t12-/m1/s1. The summed E-state index contributed by atoms with van der Waals surface area (Å²) in [5, 5.41) is 7.44. The lowest BCUT2D eigenvalue weighted by Crippen LogP contribution is -2.50. The molecule has 2 rings (SSSR count). The summed E-state index contributed by atoms with van der Waals surface area (Å²) >= 11 is 0. The molecule has 154 valence electrons. The molecule has 1 aromatic carbocycles. The van der Waals surface area contributed by atoms with Crippen LogP contribution in [0.25, 0.3) is 6.08 Å². The van der Waals surface area contributed by atoms with E-state index in [1.54, 1.807) is 38.1 Å². The summed E-state index contributed by atoms with van der Waals surface area (Å²) in [6, 6.07) is 7.74. The molecule has 1 aliphatic heterocycles. The van der Waals surface area contributed by atoms with Gasteiger partial charge in [-0.25, -0.2) is 14.4 Å². The highest BCUT2D eigenvalue weighted by Crippen LogP contribution is 2.15. The minimum atomic E-state index is -0.819. The topological polar surface area (TPSA) is 123 Å². The lowest BCUT2D eigenvalue weighted by atomic mass is 10.0. The number of carbonyl (C=O) groups is 4. The molecule has 0 fully saturated rings. The molecule has 0 unspecified atom stereocenters. The van der Waals surface area contributed by atoms with Gasteiger partial charge in [0.25, 0.3) is 0 Å². The maximum Gasteiger partial charge on any atom is 0.355 e. The van der Waals surface area contributed by atoms with Crippen LogP contribution in [0.15, 0.2) is 47.3 Å². The van der Waals surface area contributed by atoms with Crippen molar-refractivity contribution in [2.24, 2.45) is 0 Å². The third-order valence-corrected chi connectivity index (χ3v) is 3.85. The van der Waals surface area contributed by atoms with Crippen molar-refractivity contribution in [1.82, 2.24) is 16.0 Å². The second-order valence-electron chi connectivity index (χ2n) is 6.16. The van der Waals surface area contributed by atoms with E-state index in [-0.39, 0.29) is 30.2 Å². The number of amides is 3.